The number of ketones is 1. The summed E-state index contributed by atoms with van der Waals surface area (Å²) in [5.41, 5.74) is 1.99. The minimum atomic E-state index is -1.05. The topological polar surface area (TPSA) is 46.5 Å². The number of allylic oxidation sites excluding steroid dienone is 7. The fraction of sp³-hybridized carbons (Fsp3) is 0.625. The molecule has 0 radical (unpaired) electrons. The molecule has 3 heteroatoms. The predicted octanol–water partition coefficient (Wildman–Crippen LogP) is 5.56. The Balaban J connectivity index is 1.69. The van der Waals surface area contributed by atoms with Crippen LogP contribution in [0.2, 0.25) is 0 Å². The lowest BCUT2D eigenvalue weighted by Crippen LogP contribution is -2.35. The smallest absolute Gasteiger partial charge is 0.168 e. The quantitative estimate of drug-likeness (QED) is 0.597. The van der Waals surface area contributed by atoms with Crippen LogP contribution in [0.1, 0.15) is 77.0 Å². The Labute approximate surface area is 163 Å². The lowest BCUT2D eigenvalue weighted by atomic mass is 9.86. The van der Waals surface area contributed by atoms with Crippen molar-refractivity contribution in [2.75, 3.05) is 0 Å². The van der Waals surface area contributed by atoms with E-state index in [0.717, 1.165) is 62.5 Å². The molecule has 1 fully saturated rings. The maximum atomic E-state index is 13.1. The standard InChI is InChI=1S/C24H34O3/c25-22(18-19-12-6-4-7-13-19)23(20-14-8-5-9-15-20)24(26)27-21-16-10-2-1-3-11-17-21/h6,8,12-15,21,23-24,26H,1-5,7,9-11,16-18H2/t23?,24-/m1/s1. The number of hydrogen-bond donors (Lipinski definition) is 1. The van der Waals surface area contributed by atoms with E-state index in [0.29, 0.717) is 6.42 Å². The van der Waals surface area contributed by atoms with Gasteiger partial charge < -0.3 is 9.84 Å². The van der Waals surface area contributed by atoms with E-state index < -0.39 is 12.2 Å². The third-order valence-corrected chi connectivity index (χ3v) is 5.85. The molecule has 1 saturated carbocycles. The normalized spacial score (nSPS) is 23.7. The van der Waals surface area contributed by atoms with E-state index >= 15 is 0 Å². The average Bonchev–Trinajstić information content (AvgIpc) is 2.66. The van der Waals surface area contributed by atoms with E-state index in [1.54, 1.807) is 0 Å². The molecule has 1 unspecified atom stereocenters. The number of carbonyl (C=O) groups is 1. The van der Waals surface area contributed by atoms with Gasteiger partial charge in [-0.25, -0.2) is 0 Å². The Hall–Kier alpha value is -1.45. The molecule has 1 N–H and O–H groups in total. The lowest BCUT2D eigenvalue weighted by molar-refractivity contribution is -0.169. The van der Waals surface area contributed by atoms with Gasteiger partial charge in [-0.3, -0.25) is 4.79 Å². The molecule has 3 aliphatic rings. The Bertz CT molecular complexity index is 603. The first-order chi connectivity index (χ1) is 13.2. The highest BCUT2D eigenvalue weighted by Gasteiger charge is 2.32. The third-order valence-electron chi connectivity index (χ3n) is 5.85. The summed E-state index contributed by atoms with van der Waals surface area (Å²) in [7, 11) is 0. The fourth-order valence-electron chi connectivity index (χ4n) is 4.31. The number of hydrogen-bond acceptors (Lipinski definition) is 3. The van der Waals surface area contributed by atoms with Gasteiger partial charge in [0.15, 0.2) is 6.29 Å². The second-order valence-electron chi connectivity index (χ2n) is 8.06. The van der Waals surface area contributed by atoms with E-state index in [9.17, 15) is 9.90 Å². The van der Waals surface area contributed by atoms with Crippen LogP contribution in [0.15, 0.2) is 47.6 Å². The summed E-state index contributed by atoms with van der Waals surface area (Å²) in [6.45, 7) is 0. The monoisotopic (exact) mass is 370 g/mol. The lowest BCUT2D eigenvalue weighted by Gasteiger charge is -2.29. The van der Waals surface area contributed by atoms with Crippen LogP contribution in [-0.4, -0.2) is 23.3 Å². The highest BCUT2D eigenvalue weighted by Crippen LogP contribution is 2.29. The van der Waals surface area contributed by atoms with E-state index in [1.807, 2.05) is 12.2 Å². The third kappa shape index (κ3) is 6.29. The molecule has 0 aromatic heterocycles. The molecule has 0 spiro atoms. The summed E-state index contributed by atoms with van der Waals surface area (Å²) in [4.78, 5) is 13.1. The second kappa shape index (κ2) is 10.8. The van der Waals surface area contributed by atoms with Crippen molar-refractivity contribution in [3.63, 3.8) is 0 Å². The molecule has 0 bridgehead atoms. The van der Waals surface area contributed by atoms with Crippen molar-refractivity contribution in [2.24, 2.45) is 5.92 Å². The minimum absolute atomic E-state index is 0.0592. The Morgan fingerprint density at radius 2 is 1.63 bits per heavy atom. The number of ether oxygens (including phenoxy) is 1. The van der Waals surface area contributed by atoms with E-state index in [-0.39, 0.29) is 11.9 Å². The molecule has 3 aliphatic carbocycles. The van der Waals surface area contributed by atoms with Gasteiger partial charge in [0.1, 0.15) is 5.78 Å². The highest BCUT2D eigenvalue weighted by atomic mass is 16.6. The largest absolute Gasteiger partial charge is 0.367 e. The first-order valence-electron chi connectivity index (χ1n) is 10.8. The molecule has 27 heavy (non-hydrogen) atoms. The number of aliphatic hydroxyl groups excluding tert-OH is 1. The SMILES string of the molecule is O=C(CC1=CCCC=C1)C(C1=CCCC=C1)[C@H](O)OC1CCCCCCC1. The Kier molecular flexibility index (Phi) is 8.10. The molecule has 0 aliphatic heterocycles. The van der Waals surface area contributed by atoms with Crippen molar-refractivity contribution in [1.82, 2.24) is 0 Å². The van der Waals surface area contributed by atoms with Crippen molar-refractivity contribution < 1.29 is 14.6 Å². The van der Waals surface area contributed by atoms with Gasteiger partial charge in [-0.15, -0.1) is 0 Å². The molecule has 0 saturated heterocycles. The van der Waals surface area contributed by atoms with Crippen molar-refractivity contribution in [3.8, 4) is 0 Å². The van der Waals surface area contributed by atoms with Crippen LogP contribution in [0.4, 0.5) is 0 Å². The summed E-state index contributed by atoms with van der Waals surface area (Å²) < 4.78 is 6.08. The van der Waals surface area contributed by atoms with Crippen LogP contribution < -0.4 is 0 Å². The van der Waals surface area contributed by atoms with Crippen LogP contribution in [-0.2, 0) is 9.53 Å². The van der Waals surface area contributed by atoms with Crippen molar-refractivity contribution >= 4 is 5.78 Å². The van der Waals surface area contributed by atoms with Gasteiger partial charge in [-0.05, 0) is 49.7 Å². The van der Waals surface area contributed by atoms with Crippen LogP contribution in [0.5, 0.6) is 0 Å². The summed E-state index contributed by atoms with van der Waals surface area (Å²) in [5, 5.41) is 10.9. The van der Waals surface area contributed by atoms with E-state index in [4.69, 9.17) is 4.74 Å². The second-order valence-corrected chi connectivity index (χ2v) is 8.06. The van der Waals surface area contributed by atoms with Gasteiger partial charge in [0.2, 0.25) is 0 Å². The number of Topliss-reactive ketones (excluding diaryl/α,β-unsaturated/α-hetero) is 1. The van der Waals surface area contributed by atoms with E-state index in [1.165, 1.54) is 19.3 Å². The van der Waals surface area contributed by atoms with Gasteiger partial charge in [0.05, 0.1) is 12.0 Å². The summed E-state index contributed by atoms with van der Waals surface area (Å²) >= 11 is 0. The zero-order valence-corrected chi connectivity index (χ0v) is 16.4. The van der Waals surface area contributed by atoms with Crippen molar-refractivity contribution in [2.45, 2.75) is 89.4 Å². The number of carbonyl (C=O) groups excluding carboxylic acids is 1. The Morgan fingerprint density at radius 3 is 2.26 bits per heavy atom. The molecular formula is C24H34O3. The van der Waals surface area contributed by atoms with Crippen LogP contribution in [0.3, 0.4) is 0 Å². The maximum Gasteiger partial charge on any atom is 0.168 e. The fourth-order valence-corrected chi connectivity index (χ4v) is 4.31. The molecule has 3 rings (SSSR count). The highest BCUT2D eigenvalue weighted by molar-refractivity contribution is 5.87. The van der Waals surface area contributed by atoms with Crippen LogP contribution >= 0.6 is 0 Å². The Morgan fingerprint density at radius 1 is 0.963 bits per heavy atom. The van der Waals surface area contributed by atoms with Crippen molar-refractivity contribution in [3.05, 3.63) is 47.6 Å². The van der Waals surface area contributed by atoms with E-state index in [2.05, 4.69) is 24.3 Å². The molecule has 0 aromatic rings. The zero-order chi connectivity index (χ0) is 18.9. The minimum Gasteiger partial charge on any atom is -0.367 e. The number of rotatable bonds is 7. The van der Waals surface area contributed by atoms with Gasteiger partial charge in [-0.2, -0.15) is 0 Å². The summed E-state index contributed by atoms with van der Waals surface area (Å²) in [6.07, 6.45) is 23.9. The van der Waals surface area contributed by atoms with Crippen LogP contribution in [0, 0.1) is 5.92 Å². The van der Waals surface area contributed by atoms with Gasteiger partial charge in [0, 0.05) is 6.42 Å². The van der Waals surface area contributed by atoms with Crippen molar-refractivity contribution in [1.29, 1.82) is 0 Å². The molecule has 3 nitrogen and oxygen atoms in total. The van der Waals surface area contributed by atoms with Gasteiger partial charge in [0.25, 0.3) is 0 Å². The summed E-state index contributed by atoms with van der Waals surface area (Å²) in [5.74, 6) is -0.521. The molecule has 0 amide bonds. The molecule has 0 aromatic carbocycles. The average molecular weight is 371 g/mol. The molecule has 0 heterocycles. The summed E-state index contributed by atoms with van der Waals surface area (Å²) in [6, 6.07) is 0. The first kappa shape index (κ1) is 20.3. The first-order valence-corrected chi connectivity index (χ1v) is 10.8. The molecule has 148 valence electrons. The predicted molar refractivity (Wildman–Crippen MR) is 109 cm³/mol. The zero-order valence-electron chi connectivity index (χ0n) is 16.4. The number of aliphatic hydroxyl groups is 1. The maximum absolute atomic E-state index is 13.1. The van der Waals surface area contributed by atoms with Gasteiger partial charge in [-0.1, -0.05) is 68.6 Å². The molecular weight excluding hydrogens is 336 g/mol. The van der Waals surface area contributed by atoms with Gasteiger partial charge >= 0.3 is 0 Å². The van der Waals surface area contributed by atoms with Crippen LogP contribution in [0.25, 0.3) is 0 Å². The molecule has 2 atom stereocenters.